The van der Waals surface area contributed by atoms with E-state index >= 15 is 0 Å². The van der Waals surface area contributed by atoms with Gasteiger partial charge in [0, 0.05) is 6.54 Å². The third-order valence-electron chi connectivity index (χ3n) is 4.32. The van der Waals surface area contributed by atoms with E-state index < -0.39 is 5.97 Å². The zero-order valence-electron chi connectivity index (χ0n) is 16.9. The molecule has 0 aliphatic carbocycles. The van der Waals surface area contributed by atoms with Gasteiger partial charge in [-0.05, 0) is 53.7 Å². The van der Waals surface area contributed by atoms with Crippen molar-refractivity contribution in [1.29, 1.82) is 0 Å². The Kier molecular flexibility index (Phi) is 6.66. The van der Waals surface area contributed by atoms with Gasteiger partial charge in [-0.15, -0.1) is 6.58 Å². The Morgan fingerprint density at radius 3 is 2.48 bits per heavy atom. The van der Waals surface area contributed by atoms with Gasteiger partial charge in [-0.2, -0.15) is 0 Å². The van der Waals surface area contributed by atoms with Crippen LogP contribution in [0.5, 0.6) is 17.2 Å². The molecule has 0 saturated carbocycles. The van der Waals surface area contributed by atoms with Crippen molar-refractivity contribution in [3.63, 3.8) is 0 Å². The van der Waals surface area contributed by atoms with Crippen LogP contribution in [0.4, 0.5) is 5.69 Å². The third kappa shape index (κ3) is 4.72. The fourth-order valence-corrected chi connectivity index (χ4v) is 3.86. The molecule has 0 bridgehead atoms. The number of nitrogens with zero attached hydrogens (tertiary/aromatic N) is 2. The number of carbonyl (C=O) groups is 2. The zero-order valence-corrected chi connectivity index (χ0v) is 17.7. The second kappa shape index (κ2) is 9.40. The van der Waals surface area contributed by atoms with Crippen LogP contribution in [0.25, 0.3) is 6.08 Å². The minimum Gasteiger partial charge on any atom is -0.502 e. The van der Waals surface area contributed by atoms with Gasteiger partial charge in [0.25, 0.3) is 5.91 Å². The van der Waals surface area contributed by atoms with Crippen LogP contribution in [0.2, 0.25) is 0 Å². The number of carboxylic acid groups (broad SMARTS) is 1. The van der Waals surface area contributed by atoms with Gasteiger partial charge in [0.2, 0.25) is 5.75 Å². The lowest BCUT2D eigenvalue weighted by atomic mass is 10.1. The van der Waals surface area contributed by atoms with Crippen LogP contribution in [-0.2, 0) is 4.79 Å². The van der Waals surface area contributed by atoms with Crippen molar-refractivity contribution in [3.05, 3.63) is 65.1 Å². The van der Waals surface area contributed by atoms with E-state index in [4.69, 9.17) is 9.47 Å². The van der Waals surface area contributed by atoms with Crippen LogP contribution in [-0.4, -0.2) is 52.9 Å². The van der Waals surface area contributed by atoms with Crippen LogP contribution in [0.3, 0.4) is 0 Å². The van der Waals surface area contributed by atoms with E-state index in [1.165, 1.54) is 31.3 Å². The highest BCUT2D eigenvalue weighted by Crippen LogP contribution is 2.40. The van der Waals surface area contributed by atoms with E-state index in [1.54, 1.807) is 36.4 Å². The average molecular weight is 440 g/mol. The molecule has 160 valence electrons. The van der Waals surface area contributed by atoms with Crippen molar-refractivity contribution in [3.8, 4) is 17.2 Å². The predicted octanol–water partition coefficient (Wildman–Crippen LogP) is 3.90. The number of aromatic carboxylic acids is 1. The molecule has 31 heavy (non-hydrogen) atoms. The molecule has 0 unspecified atom stereocenters. The molecule has 1 fully saturated rings. The number of aliphatic imine (C=N–C) groups is 1. The molecule has 2 aromatic rings. The lowest BCUT2D eigenvalue weighted by Crippen LogP contribution is -2.29. The number of hydrogen-bond donors (Lipinski definition) is 2. The number of phenolic OH excluding ortho intramolecular Hbond substituents is 1. The molecule has 2 N–H and O–H groups in total. The summed E-state index contributed by atoms with van der Waals surface area (Å²) < 4.78 is 10.3. The minimum atomic E-state index is -1.06. The Morgan fingerprint density at radius 2 is 1.90 bits per heavy atom. The van der Waals surface area contributed by atoms with Crippen molar-refractivity contribution in [2.45, 2.75) is 0 Å². The number of benzene rings is 2. The number of rotatable bonds is 7. The lowest BCUT2D eigenvalue weighted by Gasteiger charge is -2.12. The average Bonchev–Trinajstić information content (AvgIpc) is 3.04. The Labute approximate surface area is 183 Å². The fourth-order valence-electron chi connectivity index (χ4n) is 2.85. The van der Waals surface area contributed by atoms with Gasteiger partial charge in [0.05, 0.1) is 30.4 Å². The largest absolute Gasteiger partial charge is 0.502 e. The number of hydrogen-bond acceptors (Lipinski definition) is 7. The summed E-state index contributed by atoms with van der Waals surface area (Å²) in [4.78, 5) is 30.5. The SMILES string of the molecule is C=CCN1C(=O)/C(=C/c2cc(OC)c(O)c(OC)c2)SC1=Nc1cccc(C(=O)O)c1. The van der Waals surface area contributed by atoms with E-state index in [9.17, 15) is 19.8 Å². The van der Waals surface area contributed by atoms with Gasteiger partial charge >= 0.3 is 5.97 Å². The van der Waals surface area contributed by atoms with Gasteiger partial charge in [-0.25, -0.2) is 9.79 Å². The van der Waals surface area contributed by atoms with Crippen molar-refractivity contribution in [2.75, 3.05) is 20.8 Å². The second-order valence-corrected chi connectivity index (χ2v) is 7.35. The number of phenols is 1. The summed E-state index contributed by atoms with van der Waals surface area (Å²) >= 11 is 1.15. The maximum atomic E-state index is 13.0. The van der Waals surface area contributed by atoms with Crippen LogP contribution in [0.15, 0.2) is 59.0 Å². The Bertz CT molecular complexity index is 1080. The molecule has 1 aliphatic heterocycles. The molecule has 8 nitrogen and oxygen atoms in total. The first-order valence-corrected chi connectivity index (χ1v) is 9.89. The molecule has 1 aliphatic rings. The van der Waals surface area contributed by atoms with Gasteiger partial charge in [-0.1, -0.05) is 12.1 Å². The van der Waals surface area contributed by atoms with Gasteiger partial charge in [0.15, 0.2) is 16.7 Å². The molecular formula is C22H20N2O6S. The highest BCUT2D eigenvalue weighted by Gasteiger charge is 2.32. The smallest absolute Gasteiger partial charge is 0.335 e. The molecular weight excluding hydrogens is 420 g/mol. The standard InChI is InChI=1S/C22H20N2O6S/c1-4-8-24-20(26)18(11-13-9-16(29-2)19(25)17(10-13)30-3)31-22(24)23-15-7-5-6-14(12-15)21(27)28/h4-7,9-12,25H,1,8H2,2-3H3,(H,27,28)/b18-11-,23-22?. The zero-order chi connectivity index (χ0) is 22.5. The monoisotopic (exact) mass is 440 g/mol. The number of methoxy groups -OCH3 is 2. The number of amidine groups is 1. The Morgan fingerprint density at radius 1 is 1.23 bits per heavy atom. The molecule has 1 heterocycles. The maximum Gasteiger partial charge on any atom is 0.335 e. The van der Waals surface area contributed by atoms with Crippen molar-refractivity contribution in [2.24, 2.45) is 4.99 Å². The van der Waals surface area contributed by atoms with Crippen LogP contribution in [0.1, 0.15) is 15.9 Å². The summed E-state index contributed by atoms with van der Waals surface area (Å²) in [7, 11) is 2.84. The number of thioether (sulfide) groups is 1. The van der Waals surface area contributed by atoms with E-state index in [0.29, 0.717) is 21.3 Å². The summed E-state index contributed by atoms with van der Waals surface area (Å²) in [5.74, 6) is -1.04. The summed E-state index contributed by atoms with van der Waals surface area (Å²) in [5.41, 5.74) is 1.11. The fraction of sp³-hybridized carbons (Fsp3) is 0.136. The molecule has 1 saturated heterocycles. The first kappa shape index (κ1) is 22.0. The Balaban J connectivity index is 2.01. The first-order chi connectivity index (χ1) is 14.9. The number of carbonyl (C=O) groups excluding carboxylic acids is 1. The third-order valence-corrected chi connectivity index (χ3v) is 5.32. The highest BCUT2D eigenvalue weighted by atomic mass is 32.2. The Hall–Kier alpha value is -3.72. The van der Waals surface area contributed by atoms with E-state index in [0.717, 1.165) is 11.8 Å². The minimum absolute atomic E-state index is 0.102. The predicted molar refractivity (Wildman–Crippen MR) is 119 cm³/mol. The number of ether oxygens (including phenoxy) is 2. The van der Waals surface area contributed by atoms with Crippen LogP contribution < -0.4 is 9.47 Å². The van der Waals surface area contributed by atoms with Crippen LogP contribution >= 0.6 is 11.8 Å². The van der Waals surface area contributed by atoms with Gasteiger partial charge < -0.3 is 19.7 Å². The van der Waals surface area contributed by atoms with Gasteiger partial charge in [-0.3, -0.25) is 9.69 Å². The van der Waals surface area contributed by atoms with Gasteiger partial charge in [0.1, 0.15) is 0 Å². The van der Waals surface area contributed by atoms with Crippen molar-refractivity contribution >= 4 is 40.6 Å². The molecule has 3 rings (SSSR count). The van der Waals surface area contributed by atoms with Crippen LogP contribution in [0, 0.1) is 0 Å². The molecule has 1 amide bonds. The van der Waals surface area contributed by atoms with E-state index in [1.807, 2.05) is 0 Å². The summed E-state index contributed by atoms with van der Waals surface area (Å²) in [6, 6.07) is 9.33. The molecule has 2 aromatic carbocycles. The normalized spacial score (nSPS) is 16.1. The van der Waals surface area contributed by atoms with Crippen molar-refractivity contribution in [1.82, 2.24) is 4.90 Å². The number of amides is 1. The van der Waals surface area contributed by atoms with E-state index in [-0.39, 0.29) is 35.3 Å². The maximum absolute atomic E-state index is 13.0. The summed E-state index contributed by atoms with van der Waals surface area (Å²) in [5, 5.41) is 19.7. The molecule has 0 aromatic heterocycles. The van der Waals surface area contributed by atoms with Crippen molar-refractivity contribution < 1.29 is 29.3 Å². The lowest BCUT2D eigenvalue weighted by molar-refractivity contribution is -0.121. The number of carboxylic acids is 1. The topological polar surface area (TPSA) is 109 Å². The summed E-state index contributed by atoms with van der Waals surface area (Å²) in [6.45, 7) is 3.92. The molecule has 0 atom stereocenters. The van der Waals surface area contributed by atoms with E-state index in [2.05, 4.69) is 11.6 Å². The summed E-state index contributed by atoms with van der Waals surface area (Å²) in [6.07, 6.45) is 3.22. The molecule has 0 radical (unpaired) electrons. The quantitative estimate of drug-likeness (QED) is 0.496. The number of aromatic hydroxyl groups is 1. The second-order valence-electron chi connectivity index (χ2n) is 6.34. The first-order valence-electron chi connectivity index (χ1n) is 9.07. The molecule has 0 spiro atoms. The highest BCUT2D eigenvalue weighted by molar-refractivity contribution is 8.18. The molecule has 9 heteroatoms.